The molecular weight excluding hydrogens is 368 g/mol. The molecule has 1 aliphatic rings. The first-order valence-corrected chi connectivity index (χ1v) is 9.88. The summed E-state index contributed by atoms with van der Waals surface area (Å²) in [7, 11) is 0. The Hall–Kier alpha value is -3.28. The minimum absolute atomic E-state index is 0.0332. The first-order valence-electron chi connectivity index (χ1n) is 9.88. The van der Waals surface area contributed by atoms with Gasteiger partial charge in [-0.05, 0) is 38.1 Å². The Morgan fingerprint density at radius 3 is 2.79 bits per heavy atom. The van der Waals surface area contributed by atoms with Crippen molar-refractivity contribution in [1.29, 1.82) is 0 Å². The molecule has 2 heterocycles. The highest BCUT2D eigenvalue weighted by Crippen LogP contribution is 2.32. The molecule has 2 aromatic carbocycles. The van der Waals surface area contributed by atoms with E-state index in [1.54, 1.807) is 4.90 Å². The van der Waals surface area contributed by atoms with Gasteiger partial charge in [0.25, 0.3) is 0 Å². The molecule has 1 N–H and O–H groups in total. The molecule has 29 heavy (non-hydrogen) atoms. The number of amides is 2. The molecule has 1 aromatic heterocycles. The summed E-state index contributed by atoms with van der Waals surface area (Å²) in [5, 5.41) is 3.92. The summed E-state index contributed by atoms with van der Waals surface area (Å²) in [5.41, 5.74) is 1.50. The van der Waals surface area contributed by atoms with Crippen LogP contribution in [0.15, 0.2) is 59.0 Å². The number of hydrogen-bond donors (Lipinski definition) is 1. The fourth-order valence-corrected chi connectivity index (χ4v) is 3.68. The van der Waals surface area contributed by atoms with E-state index in [0.29, 0.717) is 30.2 Å². The van der Waals surface area contributed by atoms with Gasteiger partial charge >= 0.3 is 0 Å². The molecule has 0 radical (unpaired) electrons. The van der Waals surface area contributed by atoms with E-state index in [9.17, 15) is 9.59 Å². The van der Waals surface area contributed by atoms with Crippen molar-refractivity contribution < 1.29 is 18.7 Å². The number of para-hydroxylation sites is 2. The lowest BCUT2D eigenvalue weighted by Crippen LogP contribution is -2.34. The van der Waals surface area contributed by atoms with Crippen LogP contribution >= 0.6 is 0 Å². The van der Waals surface area contributed by atoms with Gasteiger partial charge in [0.15, 0.2) is 11.3 Å². The van der Waals surface area contributed by atoms with Crippen molar-refractivity contribution in [3.05, 3.63) is 60.4 Å². The lowest BCUT2D eigenvalue weighted by Gasteiger charge is -2.17. The van der Waals surface area contributed by atoms with Crippen molar-refractivity contribution >= 4 is 28.5 Å². The molecule has 0 spiro atoms. The molecule has 0 aliphatic carbocycles. The van der Waals surface area contributed by atoms with Gasteiger partial charge in [0.05, 0.1) is 18.6 Å². The standard InChI is InChI=1S/C23H24N2O4/c1-3-28-19-11-7-8-16-12-20(29-22(16)19)15(2)24-23(27)17-13-21(26)25(14-17)18-9-5-4-6-10-18/h4-12,15,17H,3,13-14H2,1-2H3,(H,24,27). The number of hydrogen-bond acceptors (Lipinski definition) is 4. The van der Waals surface area contributed by atoms with Crippen molar-refractivity contribution in [2.75, 3.05) is 18.1 Å². The lowest BCUT2D eigenvalue weighted by atomic mass is 10.1. The Morgan fingerprint density at radius 2 is 2.03 bits per heavy atom. The number of carbonyl (C=O) groups excluding carboxylic acids is 2. The second-order valence-corrected chi connectivity index (χ2v) is 7.23. The molecule has 1 aliphatic heterocycles. The van der Waals surface area contributed by atoms with E-state index < -0.39 is 0 Å². The number of furan rings is 1. The van der Waals surface area contributed by atoms with E-state index in [2.05, 4.69) is 5.32 Å². The van der Waals surface area contributed by atoms with Crippen LogP contribution in [0.25, 0.3) is 11.0 Å². The van der Waals surface area contributed by atoms with Gasteiger partial charge in [-0.15, -0.1) is 0 Å². The molecule has 6 heteroatoms. The van der Waals surface area contributed by atoms with Gasteiger partial charge in [0.2, 0.25) is 11.8 Å². The summed E-state index contributed by atoms with van der Waals surface area (Å²) in [5.74, 6) is 0.789. The summed E-state index contributed by atoms with van der Waals surface area (Å²) < 4.78 is 11.6. The van der Waals surface area contributed by atoms with Gasteiger partial charge in [-0.1, -0.05) is 30.3 Å². The summed E-state index contributed by atoms with van der Waals surface area (Å²) >= 11 is 0. The molecule has 6 nitrogen and oxygen atoms in total. The number of fused-ring (bicyclic) bond motifs is 1. The molecule has 0 bridgehead atoms. The smallest absolute Gasteiger partial charge is 0.227 e. The third-order valence-electron chi connectivity index (χ3n) is 5.18. The Morgan fingerprint density at radius 1 is 1.24 bits per heavy atom. The lowest BCUT2D eigenvalue weighted by molar-refractivity contribution is -0.127. The zero-order valence-corrected chi connectivity index (χ0v) is 16.6. The number of nitrogens with one attached hydrogen (secondary N) is 1. The fourth-order valence-electron chi connectivity index (χ4n) is 3.68. The second kappa shape index (κ2) is 7.99. The predicted molar refractivity (Wildman–Crippen MR) is 111 cm³/mol. The van der Waals surface area contributed by atoms with E-state index in [1.807, 2.05) is 68.4 Å². The predicted octanol–water partition coefficient (Wildman–Crippen LogP) is 4.06. The number of nitrogens with zero attached hydrogens (tertiary/aromatic N) is 1. The van der Waals surface area contributed by atoms with Crippen LogP contribution < -0.4 is 15.0 Å². The van der Waals surface area contributed by atoms with Crippen LogP contribution in [0.4, 0.5) is 5.69 Å². The van der Waals surface area contributed by atoms with Gasteiger partial charge in [-0.3, -0.25) is 9.59 Å². The van der Waals surface area contributed by atoms with Crippen LogP contribution in [0.5, 0.6) is 5.75 Å². The highest BCUT2D eigenvalue weighted by Gasteiger charge is 2.35. The third-order valence-corrected chi connectivity index (χ3v) is 5.18. The van der Waals surface area contributed by atoms with E-state index in [0.717, 1.165) is 11.1 Å². The van der Waals surface area contributed by atoms with Crippen LogP contribution in [0.3, 0.4) is 0 Å². The maximum atomic E-state index is 12.8. The Balaban J connectivity index is 1.45. The molecule has 1 fully saturated rings. The first-order chi connectivity index (χ1) is 14.1. The molecule has 2 atom stereocenters. The summed E-state index contributed by atoms with van der Waals surface area (Å²) in [6.07, 6.45) is 0.210. The van der Waals surface area contributed by atoms with Crippen molar-refractivity contribution in [2.45, 2.75) is 26.3 Å². The van der Waals surface area contributed by atoms with Crippen LogP contribution in [-0.2, 0) is 9.59 Å². The highest BCUT2D eigenvalue weighted by molar-refractivity contribution is 6.00. The largest absolute Gasteiger partial charge is 0.490 e. The van der Waals surface area contributed by atoms with Crippen LogP contribution in [0.2, 0.25) is 0 Å². The van der Waals surface area contributed by atoms with Crippen molar-refractivity contribution in [2.24, 2.45) is 5.92 Å². The molecule has 1 saturated heterocycles. The second-order valence-electron chi connectivity index (χ2n) is 7.23. The zero-order valence-electron chi connectivity index (χ0n) is 16.6. The molecule has 0 saturated carbocycles. The number of carbonyl (C=O) groups is 2. The maximum Gasteiger partial charge on any atom is 0.227 e. The summed E-state index contributed by atoms with van der Waals surface area (Å²) in [6, 6.07) is 16.8. The van der Waals surface area contributed by atoms with Crippen molar-refractivity contribution in [3.8, 4) is 5.75 Å². The van der Waals surface area contributed by atoms with Gasteiger partial charge in [0, 0.05) is 24.0 Å². The number of ether oxygens (including phenoxy) is 1. The minimum Gasteiger partial charge on any atom is -0.490 e. The molecule has 2 unspecified atom stereocenters. The quantitative estimate of drug-likeness (QED) is 0.687. The molecule has 2 amide bonds. The number of anilines is 1. The summed E-state index contributed by atoms with van der Waals surface area (Å²) in [4.78, 5) is 26.8. The van der Waals surface area contributed by atoms with E-state index in [4.69, 9.17) is 9.15 Å². The summed E-state index contributed by atoms with van der Waals surface area (Å²) in [6.45, 7) is 4.74. The van der Waals surface area contributed by atoms with Gasteiger partial charge in [0.1, 0.15) is 5.76 Å². The zero-order chi connectivity index (χ0) is 20.4. The van der Waals surface area contributed by atoms with Crippen LogP contribution in [0.1, 0.15) is 32.1 Å². The average Bonchev–Trinajstić information content (AvgIpc) is 3.33. The fraction of sp³-hybridized carbons (Fsp3) is 0.304. The van der Waals surface area contributed by atoms with Gasteiger partial charge in [-0.25, -0.2) is 0 Å². The average molecular weight is 392 g/mol. The van der Waals surface area contributed by atoms with E-state index in [1.165, 1.54) is 0 Å². The Bertz CT molecular complexity index is 1030. The highest BCUT2D eigenvalue weighted by atomic mass is 16.5. The Kier molecular flexibility index (Phi) is 5.25. The first kappa shape index (κ1) is 19.1. The third kappa shape index (κ3) is 3.83. The van der Waals surface area contributed by atoms with E-state index in [-0.39, 0.29) is 30.2 Å². The van der Waals surface area contributed by atoms with Gasteiger partial charge < -0.3 is 19.4 Å². The van der Waals surface area contributed by atoms with Crippen LogP contribution in [-0.4, -0.2) is 25.0 Å². The number of benzene rings is 2. The van der Waals surface area contributed by atoms with Gasteiger partial charge in [-0.2, -0.15) is 0 Å². The monoisotopic (exact) mass is 392 g/mol. The van der Waals surface area contributed by atoms with Crippen molar-refractivity contribution in [3.63, 3.8) is 0 Å². The normalized spacial score (nSPS) is 17.5. The van der Waals surface area contributed by atoms with E-state index >= 15 is 0 Å². The minimum atomic E-state index is -0.381. The molecule has 150 valence electrons. The maximum absolute atomic E-state index is 12.8. The Labute approximate surface area is 169 Å². The molecular formula is C23H24N2O4. The SMILES string of the molecule is CCOc1cccc2cc(C(C)NC(=O)C3CC(=O)N(c4ccccc4)C3)oc12. The number of rotatable bonds is 6. The molecule has 4 rings (SSSR count). The topological polar surface area (TPSA) is 71.8 Å². The van der Waals surface area contributed by atoms with Crippen molar-refractivity contribution in [1.82, 2.24) is 5.32 Å². The molecule has 3 aromatic rings. The van der Waals surface area contributed by atoms with Crippen LogP contribution in [0, 0.1) is 5.92 Å².